The van der Waals surface area contributed by atoms with Crippen LogP contribution in [-0.4, -0.2) is 19.5 Å². The van der Waals surface area contributed by atoms with E-state index in [1.54, 1.807) is 0 Å². The van der Waals surface area contributed by atoms with Crippen LogP contribution < -0.4 is 0 Å². The van der Waals surface area contributed by atoms with E-state index >= 15 is 0 Å². The summed E-state index contributed by atoms with van der Waals surface area (Å²) in [5.74, 6) is 1.66. The maximum atomic E-state index is 6.69. The van der Waals surface area contributed by atoms with Crippen LogP contribution in [0, 0.1) is 0 Å². The molecule has 8 aromatic carbocycles. The third-order valence-electron chi connectivity index (χ3n) is 11.1. The fourth-order valence-electron chi connectivity index (χ4n) is 8.54. The fraction of sp³-hybridized carbons (Fsp3) is 0. The standard InChI is InChI=1S/C51H30N4O2/c1-4-14-31(15-5-1)35-21-13-25-42-45(35)38-27-26-34(30-44(38)56-42)50-52-49(33-18-8-3-9-19-33)53-51(54-50)55-40-24-11-10-20-37(40)46-41(55)28-29-43-47(46)39-23-12-22-36(48(39)57-43)32-16-6-2-7-17-32/h1-30H. The Labute approximate surface area is 325 Å². The van der Waals surface area contributed by atoms with Gasteiger partial charge in [0.25, 0.3) is 0 Å². The molecule has 0 fully saturated rings. The average molecular weight is 731 g/mol. The highest BCUT2D eigenvalue weighted by Crippen LogP contribution is 2.44. The molecule has 4 heterocycles. The number of benzene rings is 8. The highest BCUT2D eigenvalue weighted by atomic mass is 16.3. The molecular formula is C51H30N4O2. The summed E-state index contributed by atoms with van der Waals surface area (Å²) in [4.78, 5) is 15.5. The molecule has 0 saturated heterocycles. The lowest BCUT2D eigenvalue weighted by Crippen LogP contribution is -2.06. The summed E-state index contributed by atoms with van der Waals surface area (Å²) in [6.07, 6.45) is 0. The minimum atomic E-state index is 0.526. The Morgan fingerprint density at radius 2 is 0.982 bits per heavy atom. The van der Waals surface area contributed by atoms with E-state index in [1.807, 2.05) is 54.6 Å². The number of nitrogens with zero attached hydrogens (tertiary/aromatic N) is 4. The summed E-state index contributed by atoms with van der Waals surface area (Å²) in [7, 11) is 0. The predicted molar refractivity (Wildman–Crippen MR) is 230 cm³/mol. The van der Waals surface area contributed by atoms with Gasteiger partial charge in [0, 0.05) is 49.0 Å². The number of hydrogen-bond donors (Lipinski definition) is 0. The van der Waals surface area contributed by atoms with Crippen molar-refractivity contribution in [2.24, 2.45) is 0 Å². The number of aromatic nitrogens is 4. The number of fused-ring (bicyclic) bond motifs is 10. The van der Waals surface area contributed by atoms with Gasteiger partial charge in [0.1, 0.15) is 22.3 Å². The topological polar surface area (TPSA) is 69.9 Å². The fourth-order valence-corrected chi connectivity index (χ4v) is 8.54. The summed E-state index contributed by atoms with van der Waals surface area (Å²) in [6, 6.07) is 62.5. The highest BCUT2D eigenvalue weighted by molar-refractivity contribution is 6.28. The molecule has 266 valence electrons. The summed E-state index contributed by atoms with van der Waals surface area (Å²) in [5, 5.41) is 6.44. The Balaban J connectivity index is 1.10. The lowest BCUT2D eigenvalue weighted by Gasteiger charge is -2.11. The Hall–Kier alpha value is -7.83. The molecule has 0 aliphatic carbocycles. The van der Waals surface area contributed by atoms with Crippen LogP contribution in [0.1, 0.15) is 0 Å². The van der Waals surface area contributed by atoms with Crippen molar-refractivity contribution >= 4 is 65.7 Å². The van der Waals surface area contributed by atoms with E-state index in [0.717, 1.165) is 99.1 Å². The molecule has 0 spiro atoms. The van der Waals surface area contributed by atoms with E-state index < -0.39 is 0 Å². The van der Waals surface area contributed by atoms with Crippen LogP contribution >= 0.6 is 0 Å². The molecule has 57 heavy (non-hydrogen) atoms. The van der Waals surface area contributed by atoms with Crippen molar-refractivity contribution in [1.29, 1.82) is 0 Å². The van der Waals surface area contributed by atoms with Gasteiger partial charge in [-0.2, -0.15) is 9.97 Å². The average Bonchev–Trinajstić information content (AvgIpc) is 3.96. The third-order valence-corrected chi connectivity index (χ3v) is 11.1. The summed E-state index contributed by atoms with van der Waals surface area (Å²) in [6.45, 7) is 0. The van der Waals surface area contributed by atoms with Crippen LogP contribution in [0.5, 0.6) is 0 Å². The SMILES string of the molecule is c1ccc(-c2nc(-c3ccc4c(c3)oc3cccc(-c5ccccc5)c34)nc(-n3c4ccccc4c4c5c(ccc43)oc3c(-c4ccccc4)cccc35)n2)cc1. The number of hydrogen-bond acceptors (Lipinski definition) is 5. The van der Waals surface area contributed by atoms with Gasteiger partial charge in [-0.05, 0) is 53.1 Å². The molecule has 12 rings (SSSR count). The molecule has 6 nitrogen and oxygen atoms in total. The number of furan rings is 2. The molecule has 0 aliphatic rings. The van der Waals surface area contributed by atoms with Crippen LogP contribution in [-0.2, 0) is 0 Å². The van der Waals surface area contributed by atoms with Gasteiger partial charge in [-0.15, -0.1) is 0 Å². The molecule has 6 heteroatoms. The van der Waals surface area contributed by atoms with Crippen molar-refractivity contribution in [2.75, 3.05) is 0 Å². The second kappa shape index (κ2) is 12.3. The molecule has 0 radical (unpaired) electrons. The molecular weight excluding hydrogens is 701 g/mol. The molecule has 0 aliphatic heterocycles. The normalized spacial score (nSPS) is 11.9. The van der Waals surface area contributed by atoms with Gasteiger partial charge >= 0.3 is 0 Å². The van der Waals surface area contributed by atoms with Crippen molar-refractivity contribution in [3.05, 3.63) is 182 Å². The second-order valence-corrected chi connectivity index (χ2v) is 14.3. The predicted octanol–water partition coefficient (Wildman–Crippen LogP) is 13.4. The Morgan fingerprint density at radius 1 is 0.351 bits per heavy atom. The molecule has 4 aromatic heterocycles. The van der Waals surface area contributed by atoms with E-state index in [1.165, 1.54) is 0 Å². The smallest absolute Gasteiger partial charge is 0.238 e. The van der Waals surface area contributed by atoms with Crippen molar-refractivity contribution in [3.63, 3.8) is 0 Å². The van der Waals surface area contributed by atoms with Crippen molar-refractivity contribution in [3.8, 4) is 51.0 Å². The van der Waals surface area contributed by atoms with Crippen LogP contribution in [0.4, 0.5) is 0 Å². The maximum absolute atomic E-state index is 6.69. The first kappa shape index (κ1) is 31.5. The Morgan fingerprint density at radius 3 is 1.77 bits per heavy atom. The van der Waals surface area contributed by atoms with Gasteiger partial charge in [-0.1, -0.05) is 146 Å². The molecule has 0 saturated carbocycles. The zero-order valence-corrected chi connectivity index (χ0v) is 30.4. The van der Waals surface area contributed by atoms with Gasteiger partial charge < -0.3 is 8.83 Å². The zero-order valence-electron chi connectivity index (χ0n) is 30.4. The first-order valence-electron chi connectivity index (χ1n) is 19.0. The lowest BCUT2D eigenvalue weighted by molar-refractivity contribution is 0.669. The van der Waals surface area contributed by atoms with Crippen molar-refractivity contribution in [1.82, 2.24) is 19.5 Å². The van der Waals surface area contributed by atoms with Gasteiger partial charge in [0.15, 0.2) is 11.6 Å². The zero-order chi connectivity index (χ0) is 37.5. The summed E-state index contributed by atoms with van der Waals surface area (Å²) >= 11 is 0. The van der Waals surface area contributed by atoms with E-state index in [0.29, 0.717) is 17.6 Å². The molecule has 0 N–H and O–H groups in total. The molecule has 12 aromatic rings. The monoisotopic (exact) mass is 730 g/mol. The third kappa shape index (κ3) is 4.87. The van der Waals surface area contributed by atoms with E-state index in [-0.39, 0.29) is 0 Å². The number of para-hydroxylation sites is 2. The van der Waals surface area contributed by atoms with Gasteiger partial charge in [-0.3, -0.25) is 4.57 Å². The minimum absolute atomic E-state index is 0.526. The van der Waals surface area contributed by atoms with E-state index in [4.69, 9.17) is 23.8 Å². The Kier molecular flexibility index (Phi) is 6.83. The van der Waals surface area contributed by atoms with Crippen molar-refractivity contribution < 1.29 is 8.83 Å². The minimum Gasteiger partial charge on any atom is -0.456 e. The molecule has 0 amide bonds. The molecule has 0 bridgehead atoms. The summed E-state index contributed by atoms with van der Waals surface area (Å²) < 4.78 is 15.4. The van der Waals surface area contributed by atoms with Crippen LogP contribution in [0.3, 0.4) is 0 Å². The van der Waals surface area contributed by atoms with E-state index in [9.17, 15) is 0 Å². The van der Waals surface area contributed by atoms with Crippen LogP contribution in [0.25, 0.3) is 117 Å². The Bertz CT molecular complexity index is 3510. The largest absolute Gasteiger partial charge is 0.456 e. The van der Waals surface area contributed by atoms with Crippen LogP contribution in [0.2, 0.25) is 0 Å². The lowest BCUT2D eigenvalue weighted by atomic mass is 9.99. The first-order valence-corrected chi connectivity index (χ1v) is 19.0. The van der Waals surface area contributed by atoms with Crippen LogP contribution in [0.15, 0.2) is 191 Å². The first-order chi connectivity index (χ1) is 28.3. The van der Waals surface area contributed by atoms with Gasteiger partial charge in [-0.25, -0.2) is 4.98 Å². The van der Waals surface area contributed by atoms with Crippen molar-refractivity contribution in [2.45, 2.75) is 0 Å². The summed E-state index contributed by atoms with van der Waals surface area (Å²) in [5.41, 5.74) is 11.5. The van der Waals surface area contributed by atoms with Gasteiger partial charge in [0.2, 0.25) is 5.95 Å². The molecule has 0 atom stereocenters. The van der Waals surface area contributed by atoms with Gasteiger partial charge in [0.05, 0.1) is 11.0 Å². The second-order valence-electron chi connectivity index (χ2n) is 14.3. The maximum Gasteiger partial charge on any atom is 0.238 e. The highest BCUT2D eigenvalue weighted by Gasteiger charge is 2.23. The quantitative estimate of drug-likeness (QED) is 0.176. The number of rotatable bonds is 5. The van der Waals surface area contributed by atoms with E-state index in [2.05, 4.69) is 132 Å². The molecule has 0 unspecified atom stereocenters.